The number of aromatic amines is 1. The number of H-pyrrole nitrogens is 1. The summed E-state index contributed by atoms with van der Waals surface area (Å²) in [6, 6.07) is 9.49. The molecular weight excluding hydrogens is 538 g/mol. The summed E-state index contributed by atoms with van der Waals surface area (Å²) in [7, 11) is 3.19. The molecule has 4 aromatic heterocycles. The van der Waals surface area contributed by atoms with Crippen LogP contribution in [0.5, 0.6) is 11.5 Å². The van der Waals surface area contributed by atoms with Gasteiger partial charge in [-0.25, -0.2) is 9.97 Å². The third-order valence-corrected chi connectivity index (χ3v) is 7.60. The van der Waals surface area contributed by atoms with Crippen LogP contribution in [0.1, 0.15) is 52.4 Å². The Hall–Kier alpha value is -5.33. The topological polar surface area (TPSA) is 167 Å². The van der Waals surface area contributed by atoms with Crippen LogP contribution in [-0.4, -0.2) is 78.7 Å². The number of anilines is 1. The van der Waals surface area contributed by atoms with Gasteiger partial charge in [0, 0.05) is 41.9 Å². The van der Waals surface area contributed by atoms with Gasteiger partial charge in [-0.1, -0.05) is 6.07 Å². The highest BCUT2D eigenvalue weighted by molar-refractivity contribution is 6.00. The van der Waals surface area contributed by atoms with Gasteiger partial charge in [-0.2, -0.15) is 14.7 Å². The number of nitrogens with two attached hydrogens (primary N) is 1. The normalized spacial score (nSPS) is 13.8. The first-order valence-electron chi connectivity index (χ1n) is 13.4. The molecule has 5 heterocycles. The van der Waals surface area contributed by atoms with Crippen LogP contribution >= 0.6 is 0 Å². The molecule has 5 aromatic rings. The molecule has 13 nitrogen and oxygen atoms in total. The third kappa shape index (κ3) is 4.68. The maximum Gasteiger partial charge on any atom is 0.291 e. The van der Waals surface area contributed by atoms with Gasteiger partial charge in [0.05, 0.1) is 37.4 Å². The fraction of sp³-hybridized carbons (Fsp3) is 0.276. The number of ketones is 1. The number of nitrogen functional groups attached to an aromatic ring is 1. The fourth-order valence-corrected chi connectivity index (χ4v) is 5.43. The van der Waals surface area contributed by atoms with Crippen LogP contribution in [0.3, 0.4) is 0 Å². The van der Waals surface area contributed by atoms with Gasteiger partial charge in [-0.05, 0) is 44.0 Å². The van der Waals surface area contributed by atoms with E-state index in [1.54, 1.807) is 31.5 Å². The zero-order valence-corrected chi connectivity index (χ0v) is 23.4. The van der Waals surface area contributed by atoms with Crippen LogP contribution in [0.25, 0.3) is 28.0 Å². The molecule has 0 aliphatic carbocycles. The van der Waals surface area contributed by atoms with Crippen molar-refractivity contribution in [2.75, 3.05) is 33.0 Å². The molecule has 42 heavy (non-hydrogen) atoms. The Morgan fingerprint density at radius 1 is 1.00 bits per heavy atom. The lowest BCUT2D eigenvalue weighted by atomic mass is 9.89. The lowest BCUT2D eigenvalue weighted by molar-refractivity contribution is 0.0699. The summed E-state index contributed by atoms with van der Waals surface area (Å²) in [5, 5.41) is 10.8. The average molecular weight is 568 g/mol. The average Bonchev–Trinajstić information content (AvgIpc) is 3.71. The first-order valence-corrected chi connectivity index (χ1v) is 13.4. The highest BCUT2D eigenvalue weighted by atomic mass is 16.5. The predicted octanol–water partition coefficient (Wildman–Crippen LogP) is 3.40. The quantitative estimate of drug-likeness (QED) is 0.278. The fourth-order valence-electron chi connectivity index (χ4n) is 5.43. The summed E-state index contributed by atoms with van der Waals surface area (Å²) in [5.74, 6) is 1.24. The number of nitrogens with zero attached hydrogens (tertiary/aromatic N) is 7. The van der Waals surface area contributed by atoms with E-state index in [4.69, 9.17) is 20.2 Å². The van der Waals surface area contributed by atoms with E-state index in [0.717, 1.165) is 22.4 Å². The predicted molar refractivity (Wildman–Crippen MR) is 153 cm³/mol. The first-order chi connectivity index (χ1) is 20.4. The second kappa shape index (κ2) is 10.9. The molecular formula is C29H29N9O4. The lowest BCUT2D eigenvalue weighted by Crippen LogP contribution is -2.39. The molecule has 1 aromatic carbocycles. The number of nitrogens with one attached hydrogen (secondary N) is 1. The second-order valence-corrected chi connectivity index (χ2v) is 10.0. The largest absolute Gasteiger partial charge is 0.493 e. The number of ether oxygens (including phenoxy) is 2. The van der Waals surface area contributed by atoms with E-state index >= 15 is 0 Å². The summed E-state index contributed by atoms with van der Waals surface area (Å²) in [5.41, 5.74) is 11.2. The number of pyridine rings is 1. The number of Topliss-reactive ketones (excluding diaryl/α,β-unsaturated/α-hetero) is 1. The molecule has 0 spiro atoms. The standard InChI is InChI=1S/C29H29N9O4/c1-16(39)24-25(17-8-10-37(11-9-17)29(40)27-32-15-33-36-27)35-28-20(14-34-38(28)26(24)30)19-4-6-21(31-13-19)18-5-7-22(41-2)23(12-18)42-3/h4-7,12-15,17H,8-11,30H2,1-3H3,(H,32,33,36). The molecule has 0 bridgehead atoms. The molecule has 0 saturated carbocycles. The molecule has 1 fully saturated rings. The van der Waals surface area contributed by atoms with E-state index in [9.17, 15) is 9.59 Å². The van der Waals surface area contributed by atoms with Crippen LogP contribution < -0.4 is 15.2 Å². The van der Waals surface area contributed by atoms with Gasteiger partial charge in [-0.3, -0.25) is 19.7 Å². The van der Waals surface area contributed by atoms with E-state index in [0.29, 0.717) is 54.3 Å². The second-order valence-electron chi connectivity index (χ2n) is 10.0. The zero-order chi connectivity index (χ0) is 29.4. The van der Waals surface area contributed by atoms with Crippen molar-refractivity contribution in [1.29, 1.82) is 0 Å². The lowest BCUT2D eigenvalue weighted by Gasteiger charge is -2.32. The molecule has 214 valence electrons. The minimum Gasteiger partial charge on any atom is -0.493 e. The van der Waals surface area contributed by atoms with Crippen molar-refractivity contribution >= 4 is 23.2 Å². The molecule has 13 heteroatoms. The summed E-state index contributed by atoms with van der Waals surface area (Å²) in [4.78, 5) is 40.8. The highest BCUT2D eigenvalue weighted by Gasteiger charge is 2.31. The number of carbonyl (C=O) groups excluding carboxylic acids is 2. The SMILES string of the molecule is COc1ccc(-c2ccc(-c3cnn4c(N)c(C(C)=O)c(C5CCN(C(=O)c6ncn[nH]6)CC5)nc34)cn2)cc1OC. The Bertz CT molecular complexity index is 1770. The molecule has 1 aliphatic rings. The summed E-state index contributed by atoms with van der Waals surface area (Å²) in [6.07, 6.45) is 5.98. The molecule has 6 rings (SSSR count). The number of likely N-dealkylation sites (tertiary alicyclic amines) is 1. The first kappa shape index (κ1) is 26.9. The van der Waals surface area contributed by atoms with E-state index in [2.05, 4.69) is 25.3 Å². The number of amides is 1. The van der Waals surface area contributed by atoms with Crippen molar-refractivity contribution in [1.82, 2.24) is 39.7 Å². The Morgan fingerprint density at radius 2 is 1.76 bits per heavy atom. The summed E-state index contributed by atoms with van der Waals surface area (Å²) in [6.45, 7) is 2.45. The van der Waals surface area contributed by atoms with E-state index in [-0.39, 0.29) is 29.3 Å². The molecule has 3 N–H and O–H groups in total. The number of carbonyl (C=O) groups is 2. The van der Waals surface area contributed by atoms with Gasteiger partial charge in [0.25, 0.3) is 5.91 Å². The number of rotatable bonds is 7. The van der Waals surface area contributed by atoms with Gasteiger partial charge in [0.15, 0.2) is 22.9 Å². The van der Waals surface area contributed by atoms with E-state index in [1.165, 1.54) is 17.8 Å². The van der Waals surface area contributed by atoms with Crippen molar-refractivity contribution in [2.45, 2.75) is 25.7 Å². The minimum atomic E-state index is -0.206. The van der Waals surface area contributed by atoms with E-state index in [1.807, 2.05) is 30.3 Å². The Balaban J connectivity index is 1.32. The van der Waals surface area contributed by atoms with Crippen LogP contribution in [0, 0.1) is 0 Å². The van der Waals surface area contributed by atoms with Gasteiger partial charge >= 0.3 is 0 Å². The maximum absolute atomic E-state index is 12.8. The number of hydrogen-bond donors (Lipinski definition) is 2. The van der Waals surface area contributed by atoms with Gasteiger partial charge in [0.1, 0.15) is 12.1 Å². The Morgan fingerprint density at radius 3 is 2.40 bits per heavy atom. The Labute approximate surface area is 240 Å². The van der Waals surface area contributed by atoms with Gasteiger partial charge in [0.2, 0.25) is 5.82 Å². The zero-order valence-electron chi connectivity index (χ0n) is 23.4. The van der Waals surface area contributed by atoms with Gasteiger partial charge in [-0.15, -0.1) is 0 Å². The highest BCUT2D eigenvalue weighted by Crippen LogP contribution is 2.36. The van der Waals surface area contributed by atoms with Crippen LogP contribution in [0.2, 0.25) is 0 Å². The molecule has 1 saturated heterocycles. The van der Waals surface area contributed by atoms with Crippen molar-refractivity contribution < 1.29 is 19.1 Å². The van der Waals surface area contributed by atoms with E-state index < -0.39 is 0 Å². The molecule has 1 amide bonds. The van der Waals surface area contributed by atoms with Crippen LogP contribution in [0.15, 0.2) is 49.1 Å². The van der Waals surface area contributed by atoms with Crippen LogP contribution in [-0.2, 0) is 0 Å². The van der Waals surface area contributed by atoms with Crippen molar-refractivity contribution in [3.8, 4) is 33.9 Å². The molecule has 0 unspecified atom stereocenters. The molecule has 0 radical (unpaired) electrons. The van der Waals surface area contributed by atoms with Crippen molar-refractivity contribution in [2.24, 2.45) is 0 Å². The summed E-state index contributed by atoms with van der Waals surface area (Å²) < 4.78 is 12.3. The number of aromatic nitrogens is 7. The maximum atomic E-state index is 12.8. The number of fused-ring (bicyclic) bond motifs is 1. The molecule has 0 atom stereocenters. The number of hydrogen-bond acceptors (Lipinski definition) is 10. The third-order valence-electron chi connectivity index (χ3n) is 7.60. The Kier molecular flexibility index (Phi) is 6.98. The van der Waals surface area contributed by atoms with Gasteiger partial charge < -0.3 is 20.1 Å². The van der Waals surface area contributed by atoms with Crippen molar-refractivity contribution in [3.63, 3.8) is 0 Å². The van der Waals surface area contributed by atoms with Crippen molar-refractivity contribution in [3.05, 3.63) is 66.1 Å². The molecule has 1 aliphatic heterocycles. The number of piperidine rings is 1. The van der Waals surface area contributed by atoms with Crippen LogP contribution in [0.4, 0.5) is 5.82 Å². The monoisotopic (exact) mass is 567 g/mol. The minimum absolute atomic E-state index is 0.0664. The number of methoxy groups -OCH3 is 2. The number of benzene rings is 1. The smallest absolute Gasteiger partial charge is 0.291 e. The summed E-state index contributed by atoms with van der Waals surface area (Å²) >= 11 is 0.